The predicted octanol–water partition coefficient (Wildman–Crippen LogP) is 2.11. The van der Waals surface area contributed by atoms with Crippen LogP contribution in [-0.4, -0.2) is 39.4 Å². The molecule has 6 nitrogen and oxygen atoms in total. The quantitative estimate of drug-likeness (QED) is 0.146. The van der Waals surface area contributed by atoms with E-state index in [4.69, 9.17) is 0 Å². The summed E-state index contributed by atoms with van der Waals surface area (Å²) in [5.74, 6) is -1.53. The maximum atomic E-state index is 11.5. The number of rotatable bonds is 22. The van der Waals surface area contributed by atoms with Gasteiger partial charge in [0, 0.05) is 6.54 Å². The zero-order chi connectivity index (χ0) is 21.8. The Morgan fingerprint density at radius 1 is 0.567 bits per heavy atom. The fourth-order valence-corrected chi connectivity index (χ4v) is 5.66. The van der Waals surface area contributed by atoms with Crippen molar-refractivity contribution in [1.82, 2.24) is 4.72 Å². The van der Waals surface area contributed by atoms with Gasteiger partial charge in [0.15, 0.2) is 0 Å². The molecule has 9 heteroatoms. The maximum Gasteiger partial charge on any atom is 1.00 e. The summed E-state index contributed by atoms with van der Waals surface area (Å²) in [6.07, 6.45) is 21.6. The Morgan fingerprint density at radius 2 is 0.900 bits per heavy atom. The van der Waals surface area contributed by atoms with Crippen molar-refractivity contribution in [2.75, 3.05) is 18.1 Å². The molecule has 0 aliphatic rings. The van der Waals surface area contributed by atoms with E-state index in [-0.39, 0.29) is 29.6 Å². The molecule has 0 fully saturated rings. The van der Waals surface area contributed by atoms with E-state index in [9.17, 15) is 21.4 Å². The van der Waals surface area contributed by atoms with Crippen LogP contribution in [0.15, 0.2) is 0 Å². The molecule has 0 aliphatic carbocycles. The van der Waals surface area contributed by atoms with E-state index in [2.05, 4.69) is 11.6 Å². The topological polar surface area (TPSA) is 103 Å². The van der Waals surface area contributed by atoms with Crippen molar-refractivity contribution in [3.63, 3.8) is 0 Å². The number of nitrogens with one attached hydrogen (secondary N) is 1. The first kappa shape index (κ1) is 33.0. The van der Waals surface area contributed by atoms with Gasteiger partial charge in [-0.3, -0.25) is 0 Å². The van der Waals surface area contributed by atoms with Gasteiger partial charge in [0.25, 0.3) is 0 Å². The van der Waals surface area contributed by atoms with E-state index in [1.54, 1.807) is 0 Å². The zero-order valence-corrected chi connectivity index (χ0v) is 23.1. The molecule has 30 heavy (non-hydrogen) atoms. The third-order valence-corrected chi connectivity index (χ3v) is 7.55. The van der Waals surface area contributed by atoms with Gasteiger partial charge in [-0.25, -0.2) is 21.6 Å². The largest absolute Gasteiger partial charge is 1.00 e. The predicted molar refractivity (Wildman–Crippen MR) is 121 cm³/mol. The molecule has 0 aliphatic heterocycles. The van der Waals surface area contributed by atoms with Crippen LogP contribution in [0.1, 0.15) is 116 Å². The Bertz CT molecular complexity index is 568. The number of hydrogen-bond acceptors (Lipinski definition) is 5. The van der Waals surface area contributed by atoms with Crippen LogP contribution in [0.4, 0.5) is 0 Å². The van der Waals surface area contributed by atoms with Gasteiger partial charge in [0.05, 0.1) is 21.6 Å². The van der Waals surface area contributed by atoms with Crippen molar-refractivity contribution in [2.24, 2.45) is 0 Å². The van der Waals surface area contributed by atoms with Crippen LogP contribution in [0.3, 0.4) is 0 Å². The second-order valence-corrected chi connectivity index (χ2v) is 11.6. The van der Waals surface area contributed by atoms with E-state index in [1.807, 2.05) is 0 Å². The average molecular weight is 478 g/mol. The minimum atomic E-state index is -4.49. The molecular formula is C21H44NNaO5S2. The fourth-order valence-electron chi connectivity index (χ4n) is 3.36. The summed E-state index contributed by atoms with van der Waals surface area (Å²) in [4.78, 5) is 0. The molecule has 0 unspecified atom stereocenters. The Balaban J connectivity index is 0. The van der Waals surface area contributed by atoms with Crippen LogP contribution in [0.5, 0.6) is 0 Å². The van der Waals surface area contributed by atoms with Crippen LogP contribution in [-0.2, 0) is 20.1 Å². The molecule has 0 radical (unpaired) electrons. The Kier molecular flexibility index (Phi) is 23.8. The summed E-state index contributed by atoms with van der Waals surface area (Å²) in [5, 5.41) is 0. The van der Waals surface area contributed by atoms with Crippen LogP contribution in [0.2, 0.25) is 0 Å². The normalized spacial score (nSPS) is 12.1. The van der Waals surface area contributed by atoms with E-state index >= 15 is 0 Å². The monoisotopic (exact) mass is 477 g/mol. The molecule has 0 aromatic rings. The van der Waals surface area contributed by atoms with Gasteiger partial charge in [-0.2, -0.15) is 0 Å². The summed E-state index contributed by atoms with van der Waals surface area (Å²) in [6.45, 7) is 2.56. The van der Waals surface area contributed by atoms with Gasteiger partial charge in [-0.1, -0.05) is 110 Å². The zero-order valence-electron chi connectivity index (χ0n) is 19.5. The molecule has 0 saturated heterocycles. The molecule has 0 amide bonds. The smallest absolute Gasteiger partial charge is 0.748 e. The molecule has 0 heterocycles. The molecule has 1 N–H and O–H groups in total. The van der Waals surface area contributed by atoms with Gasteiger partial charge < -0.3 is 4.55 Å². The van der Waals surface area contributed by atoms with Gasteiger partial charge in [-0.05, 0) is 6.42 Å². The van der Waals surface area contributed by atoms with E-state index < -0.39 is 31.6 Å². The minimum absolute atomic E-state index is 0. The molecule has 0 saturated carbocycles. The summed E-state index contributed by atoms with van der Waals surface area (Å²) >= 11 is 0. The summed E-state index contributed by atoms with van der Waals surface area (Å²) in [7, 11) is -8.16. The summed E-state index contributed by atoms with van der Waals surface area (Å²) in [6, 6.07) is 0. The molecular weight excluding hydrogens is 433 g/mol. The Morgan fingerprint density at radius 3 is 1.23 bits per heavy atom. The van der Waals surface area contributed by atoms with Crippen molar-refractivity contribution in [3.05, 3.63) is 0 Å². The molecule has 0 aromatic carbocycles. The third kappa shape index (κ3) is 26.9. The molecule has 176 valence electrons. The van der Waals surface area contributed by atoms with Gasteiger partial charge in [-0.15, -0.1) is 0 Å². The van der Waals surface area contributed by atoms with Crippen molar-refractivity contribution in [2.45, 2.75) is 116 Å². The second-order valence-electron chi connectivity index (χ2n) is 8.13. The van der Waals surface area contributed by atoms with Crippen LogP contribution in [0.25, 0.3) is 0 Å². The van der Waals surface area contributed by atoms with E-state index in [1.165, 1.54) is 89.9 Å². The molecule has 0 aromatic heterocycles. The number of hydrogen-bond donors (Lipinski definition) is 1. The van der Waals surface area contributed by atoms with Gasteiger partial charge in [0.2, 0.25) is 10.0 Å². The first-order valence-corrected chi connectivity index (χ1v) is 14.9. The second kappa shape index (κ2) is 21.7. The summed E-state index contributed by atoms with van der Waals surface area (Å²) < 4.78 is 56.8. The van der Waals surface area contributed by atoms with Crippen molar-refractivity contribution in [1.29, 1.82) is 0 Å². The van der Waals surface area contributed by atoms with Crippen LogP contribution in [0, 0.1) is 0 Å². The van der Waals surface area contributed by atoms with E-state index in [0.717, 1.165) is 19.3 Å². The summed E-state index contributed by atoms with van der Waals surface area (Å²) in [5.41, 5.74) is 0. The SMILES string of the molecule is CCCCCCCCCCCCCCCCCCCNS(=O)(=O)CCS(=O)(=O)[O-].[Na+]. The first-order valence-electron chi connectivity index (χ1n) is 11.7. The minimum Gasteiger partial charge on any atom is -0.748 e. The third-order valence-electron chi connectivity index (χ3n) is 5.20. The molecule has 0 bridgehead atoms. The standard InChI is InChI=1S/C21H45NO5S2.Na/c1-2-3-4-5-6-7-8-9-10-11-12-13-14-15-16-17-18-19-22-28(23,24)20-21-29(25,26)27;/h22H,2-21H2,1H3,(H,25,26,27);/q;+1/p-1. The Labute approximate surface area is 208 Å². The molecule has 0 spiro atoms. The molecule has 0 rings (SSSR count). The van der Waals surface area contributed by atoms with Gasteiger partial charge >= 0.3 is 29.6 Å². The number of unbranched alkanes of at least 4 members (excludes halogenated alkanes) is 16. The first-order chi connectivity index (χ1) is 13.8. The van der Waals surface area contributed by atoms with Crippen LogP contribution >= 0.6 is 0 Å². The van der Waals surface area contributed by atoms with Crippen LogP contribution < -0.4 is 34.3 Å². The van der Waals surface area contributed by atoms with Crippen molar-refractivity contribution in [3.8, 4) is 0 Å². The fraction of sp³-hybridized carbons (Fsp3) is 1.00. The molecule has 0 atom stereocenters. The maximum absolute atomic E-state index is 11.5. The average Bonchev–Trinajstić information content (AvgIpc) is 2.65. The Hall–Kier alpha value is 0.820. The van der Waals surface area contributed by atoms with E-state index in [0.29, 0.717) is 6.54 Å². The van der Waals surface area contributed by atoms with Gasteiger partial charge in [0.1, 0.15) is 0 Å². The van der Waals surface area contributed by atoms with Crippen molar-refractivity contribution >= 4 is 20.1 Å². The number of sulfonamides is 1. The van der Waals surface area contributed by atoms with Crippen molar-refractivity contribution < 1.29 is 50.9 Å².